The number of pyridine rings is 1. The Labute approximate surface area is 139 Å². The van der Waals surface area contributed by atoms with Crippen molar-refractivity contribution in [2.75, 3.05) is 13.1 Å². The van der Waals surface area contributed by atoms with Crippen molar-refractivity contribution < 1.29 is 9.59 Å². The lowest BCUT2D eigenvalue weighted by molar-refractivity contribution is -0.143. The monoisotopic (exact) mass is 329 g/mol. The summed E-state index contributed by atoms with van der Waals surface area (Å²) in [6.07, 6.45) is 3.53. The van der Waals surface area contributed by atoms with Crippen molar-refractivity contribution in [3.63, 3.8) is 0 Å². The molecule has 0 unspecified atom stereocenters. The molecule has 118 valence electrons. The van der Waals surface area contributed by atoms with Crippen LogP contribution in [0.4, 0.5) is 0 Å². The van der Waals surface area contributed by atoms with Gasteiger partial charge in [-0.2, -0.15) is 0 Å². The van der Waals surface area contributed by atoms with Crippen molar-refractivity contribution in [3.05, 3.63) is 64.9 Å². The van der Waals surface area contributed by atoms with Crippen molar-refractivity contribution in [2.45, 2.75) is 12.5 Å². The van der Waals surface area contributed by atoms with Crippen LogP contribution in [0.3, 0.4) is 0 Å². The van der Waals surface area contributed by atoms with Crippen molar-refractivity contribution >= 4 is 23.4 Å². The molecule has 3 rings (SSSR count). The minimum Gasteiger partial charge on any atom is -0.352 e. The molecule has 5 nitrogen and oxygen atoms in total. The van der Waals surface area contributed by atoms with E-state index in [1.807, 2.05) is 12.1 Å². The average Bonchev–Trinajstić information content (AvgIpc) is 2.56. The van der Waals surface area contributed by atoms with E-state index in [0.717, 1.165) is 5.56 Å². The minimum atomic E-state index is -0.693. The van der Waals surface area contributed by atoms with Gasteiger partial charge in [-0.15, -0.1) is 0 Å². The van der Waals surface area contributed by atoms with E-state index in [1.165, 1.54) is 0 Å². The highest BCUT2D eigenvalue weighted by molar-refractivity contribution is 6.31. The lowest BCUT2D eigenvalue weighted by Gasteiger charge is -2.35. The number of nitrogens with zero attached hydrogens (tertiary/aromatic N) is 2. The van der Waals surface area contributed by atoms with Crippen LogP contribution in [0, 0.1) is 0 Å². The fourth-order valence-electron chi connectivity index (χ4n) is 2.72. The molecule has 1 N–H and O–H groups in total. The van der Waals surface area contributed by atoms with Crippen LogP contribution in [-0.4, -0.2) is 34.8 Å². The number of aromatic nitrogens is 1. The summed E-state index contributed by atoms with van der Waals surface area (Å²) in [5.41, 5.74) is 1.47. The lowest BCUT2D eigenvalue weighted by atomic mass is 10.0. The SMILES string of the molecule is O=C1NCCN(C(=O)Cc2cccnc2)[C@@H]1c1ccccc1Cl. The van der Waals surface area contributed by atoms with Gasteiger partial charge in [0.25, 0.3) is 0 Å². The Hall–Kier alpha value is -2.40. The number of benzene rings is 1. The Balaban J connectivity index is 1.88. The van der Waals surface area contributed by atoms with Crippen LogP contribution in [0.15, 0.2) is 48.8 Å². The Morgan fingerprint density at radius 1 is 1.30 bits per heavy atom. The number of rotatable bonds is 3. The summed E-state index contributed by atoms with van der Waals surface area (Å²) in [5, 5.41) is 3.28. The summed E-state index contributed by atoms with van der Waals surface area (Å²) in [5.74, 6) is -0.318. The van der Waals surface area contributed by atoms with Gasteiger partial charge in [0, 0.05) is 36.1 Å². The topological polar surface area (TPSA) is 62.3 Å². The first kappa shape index (κ1) is 15.5. The van der Waals surface area contributed by atoms with Crippen molar-refractivity contribution in [3.8, 4) is 0 Å². The summed E-state index contributed by atoms with van der Waals surface area (Å²) in [6, 6.07) is 10.1. The highest BCUT2D eigenvalue weighted by Gasteiger charge is 2.35. The second-order valence-corrected chi connectivity index (χ2v) is 5.75. The summed E-state index contributed by atoms with van der Waals surface area (Å²) >= 11 is 6.23. The van der Waals surface area contributed by atoms with E-state index in [2.05, 4.69) is 10.3 Å². The number of hydrogen-bond acceptors (Lipinski definition) is 3. The summed E-state index contributed by atoms with van der Waals surface area (Å²) < 4.78 is 0. The van der Waals surface area contributed by atoms with E-state index in [9.17, 15) is 9.59 Å². The zero-order valence-corrected chi connectivity index (χ0v) is 13.2. The molecule has 2 heterocycles. The second kappa shape index (κ2) is 6.79. The van der Waals surface area contributed by atoms with Crippen LogP contribution in [0.25, 0.3) is 0 Å². The number of hydrogen-bond donors (Lipinski definition) is 1. The quantitative estimate of drug-likeness (QED) is 0.936. The van der Waals surface area contributed by atoms with E-state index in [-0.39, 0.29) is 18.2 Å². The van der Waals surface area contributed by atoms with Crippen LogP contribution in [-0.2, 0) is 16.0 Å². The van der Waals surface area contributed by atoms with Gasteiger partial charge < -0.3 is 10.2 Å². The lowest BCUT2D eigenvalue weighted by Crippen LogP contribution is -2.52. The number of amides is 2. The molecule has 0 saturated carbocycles. The Morgan fingerprint density at radius 3 is 2.87 bits per heavy atom. The molecule has 0 spiro atoms. The number of piperazine rings is 1. The smallest absolute Gasteiger partial charge is 0.247 e. The summed E-state index contributed by atoms with van der Waals surface area (Å²) in [6.45, 7) is 0.902. The van der Waals surface area contributed by atoms with E-state index in [4.69, 9.17) is 11.6 Å². The van der Waals surface area contributed by atoms with Crippen LogP contribution in [0.2, 0.25) is 5.02 Å². The molecule has 0 aliphatic carbocycles. The zero-order valence-electron chi connectivity index (χ0n) is 12.4. The minimum absolute atomic E-state index is 0.113. The molecule has 1 fully saturated rings. The highest BCUT2D eigenvalue weighted by atomic mass is 35.5. The Bertz CT molecular complexity index is 721. The van der Waals surface area contributed by atoms with E-state index >= 15 is 0 Å². The maximum Gasteiger partial charge on any atom is 0.247 e. The third-order valence-electron chi connectivity index (χ3n) is 3.81. The molecule has 1 aromatic carbocycles. The molecule has 1 atom stereocenters. The van der Waals surface area contributed by atoms with Gasteiger partial charge in [-0.25, -0.2) is 0 Å². The molecule has 1 aliphatic rings. The largest absolute Gasteiger partial charge is 0.352 e. The van der Waals surface area contributed by atoms with E-state index < -0.39 is 6.04 Å². The number of carbonyl (C=O) groups excluding carboxylic acids is 2. The standard InChI is InChI=1S/C17H16ClN3O2/c18-14-6-2-1-5-13(14)16-17(23)20-8-9-21(16)15(22)10-12-4-3-7-19-11-12/h1-7,11,16H,8-10H2,(H,20,23)/t16-/m1/s1. The molecule has 0 bridgehead atoms. The molecule has 23 heavy (non-hydrogen) atoms. The van der Waals surface area contributed by atoms with Gasteiger partial charge >= 0.3 is 0 Å². The average molecular weight is 330 g/mol. The maximum absolute atomic E-state index is 12.7. The summed E-state index contributed by atoms with van der Waals surface area (Å²) in [7, 11) is 0. The molecule has 2 amide bonds. The van der Waals surface area contributed by atoms with Gasteiger partial charge in [0.05, 0.1) is 6.42 Å². The van der Waals surface area contributed by atoms with Gasteiger partial charge in [0.15, 0.2) is 0 Å². The van der Waals surface area contributed by atoms with Crippen molar-refractivity contribution in [2.24, 2.45) is 0 Å². The van der Waals surface area contributed by atoms with Gasteiger partial charge in [0.2, 0.25) is 11.8 Å². The Morgan fingerprint density at radius 2 is 2.13 bits per heavy atom. The maximum atomic E-state index is 12.7. The first-order chi connectivity index (χ1) is 11.2. The first-order valence-electron chi connectivity index (χ1n) is 7.37. The normalized spacial score (nSPS) is 17.7. The van der Waals surface area contributed by atoms with E-state index in [1.54, 1.807) is 41.6 Å². The molecule has 0 radical (unpaired) electrons. The van der Waals surface area contributed by atoms with Crippen molar-refractivity contribution in [1.29, 1.82) is 0 Å². The van der Waals surface area contributed by atoms with Crippen molar-refractivity contribution in [1.82, 2.24) is 15.2 Å². The fraction of sp³-hybridized carbons (Fsp3) is 0.235. The second-order valence-electron chi connectivity index (χ2n) is 5.34. The summed E-state index contributed by atoms with van der Waals surface area (Å²) in [4.78, 5) is 30.6. The van der Waals surface area contributed by atoms with Gasteiger partial charge in [-0.05, 0) is 17.7 Å². The molecular weight excluding hydrogens is 314 g/mol. The van der Waals surface area contributed by atoms with Crippen LogP contribution >= 0.6 is 11.6 Å². The zero-order chi connectivity index (χ0) is 16.2. The molecule has 1 aromatic heterocycles. The van der Waals surface area contributed by atoms with Gasteiger partial charge in [-0.3, -0.25) is 14.6 Å². The third kappa shape index (κ3) is 3.35. The molecule has 2 aromatic rings. The van der Waals surface area contributed by atoms with Crippen LogP contribution in [0.5, 0.6) is 0 Å². The molecule has 1 saturated heterocycles. The molecule has 6 heteroatoms. The fourth-order valence-corrected chi connectivity index (χ4v) is 2.96. The van der Waals surface area contributed by atoms with Gasteiger partial charge in [0.1, 0.15) is 6.04 Å². The predicted molar refractivity (Wildman–Crippen MR) is 86.9 cm³/mol. The number of halogens is 1. The van der Waals surface area contributed by atoms with Gasteiger partial charge in [-0.1, -0.05) is 35.9 Å². The number of nitrogens with one attached hydrogen (secondary N) is 1. The third-order valence-corrected chi connectivity index (χ3v) is 4.15. The first-order valence-corrected chi connectivity index (χ1v) is 7.75. The van der Waals surface area contributed by atoms with Crippen LogP contribution in [0.1, 0.15) is 17.2 Å². The number of carbonyl (C=O) groups is 2. The predicted octanol–water partition coefficient (Wildman–Crippen LogP) is 1.98. The molecular formula is C17H16ClN3O2. The molecule has 1 aliphatic heterocycles. The Kier molecular flexibility index (Phi) is 4.57. The van der Waals surface area contributed by atoms with Crippen LogP contribution < -0.4 is 5.32 Å². The van der Waals surface area contributed by atoms with E-state index in [0.29, 0.717) is 23.7 Å². The highest BCUT2D eigenvalue weighted by Crippen LogP contribution is 2.29.